The molecule has 26 heavy (non-hydrogen) atoms. The summed E-state index contributed by atoms with van der Waals surface area (Å²) in [5.74, 6) is 1.62. The minimum atomic E-state index is -0.390. The SMILES string of the molecule is COc1cc(NC(=O)Nc2ncc(C3CCC3)s2)c(OC)c2[nH]cnc12. The highest BCUT2D eigenvalue weighted by Gasteiger charge is 2.22. The van der Waals surface area contributed by atoms with Crippen LogP contribution in [0.3, 0.4) is 0 Å². The first kappa shape index (κ1) is 16.6. The summed E-state index contributed by atoms with van der Waals surface area (Å²) in [5.41, 5.74) is 1.78. The maximum atomic E-state index is 12.4. The number of nitrogens with zero attached hydrogens (tertiary/aromatic N) is 2. The lowest BCUT2D eigenvalue weighted by molar-refractivity contribution is 0.262. The molecule has 1 saturated carbocycles. The molecule has 1 aromatic carbocycles. The average Bonchev–Trinajstić information content (AvgIpc) is 3.22. The number of hydrogen-bond acceptors (Lipinski definition) is 6. The van der Waals surface area contributed by atoms with E-state index >= 15 is 0 Å². The fraction of sp³-hybridized carbons (Fsp3) is 0.353. The van der Waals surface area contributed by atoms with Crippen LogP contribution in [0.25, 0.3) is 11.0 Å². The lowest BCUT2D eigenvalue weighted by atomic mass is 9.85. The van der Waals surface area contributed by atoms with Gasteiger partial charge in [-0.15, -0.1) is 11.3 Å². The van der Waals surface area contributed by atoms with E-state index in [0.29, 0.717) is 39.3 Å². The number of rotatable bonds is 5. The van der Waals surface area contributed by atoms with Crippen molar-refractivity contribution >= 4 is 39.2 Å². The highest BCUT2D eigenvalue weighted by Crippen LogP contribution is 2.40. The van der Waals surface area contributed by atoms with E-state index in [9.17, 15) is 4.79 Å². The summed E-state index contributed by atoms with van der Waals surface area (Å²) in [7, 11) is 3.09. The van der Waals surface area contributed by atoms with Crippen LogP contribution in [-0.2, 0) is 0 Å². The minimum absolute atomic E-state index is 0.390. The molecule has 3 N–H and O–H groups in total. The molecule has 1 aliphatic carbocycles. The zero-order chi connectivity index (χ0) is 18.1. The first-order valence-corrected chi connectivity index (χ1v) is 9.13. The Labute approximate surface area is 153 Å². The molecule has 0 atom stereocenters. The average molecular weight is 373 g/mol. The number of ether oxygens (including phenoxy) is 2. The third kappa shape index (κ3) is 2.94. The van der Waals surface area contributed by atoms with Gasteiger partial charge in [-0.05, 0) is 18.8 Å². The molecule has 3 aromatic rings. The molecule has 9 heteroatoms. The summed E-state index contributed by atoms with van der Waals surface area (Å²) < 4.78 is 10.8. The van der Waals surface area contributed by atoms with Gasteiger partial charge in [0, 0.05) is 17.1 Å². The Morgan fingerprint density at radius 1 is 1.27 bits per heavy atom. The topological polar surface area (TPSA) is 101 Å². The van der Waals surface area contributed by atoms with Crippen LogP contribution in [-0.4, -0.2) is 35.2 Å². The third-order valence-corrected chi connectivity index (χ3v) is 5.62. The fourth-order valence-electron chi connectivity index (χ4n) is 2.99. The molecule has 2 amide bonds. The van der Waals surface area contributed by atoms with E-state index in [2.05, 4.69) is 25.6 Å². The van der Waals surface area contributed by atoms with Gasteiger partial charge < -0.3 is 19.8 Å². The summed E-state index contributed by atoms with van der Waals surface area (Å²) in [4.78, 5) is 25.2. The number of aromatic amines is 1. The van der Waals surface area contributed by atoms with Crippen LogP contribution < -0.4 is 20.1 Å². The van der Waals surface area contributed by atoms with Gasteiger partial charge >= 0.3 is 6.03 Å². The largest absolute Gasteiger partial charge is 0.494 e. The molecule has 4 rings (SSSR count). The van der Waals surface area contributed by atoms with E-state index in [4.69, 9.17) is 9.47 Å². The summed E-state index contributed by atoms with van der Waals surface area (Å²) in [6, 6.07) is 1.29. The second kappa shape index (κ2) is 6.83. The standard InChI is InChI=1S/C17H19N5O3S/c1-24-11-6-10(15(25-2)14-13(11)19-8-20-14)21-16(23)22-17-18-7-12(26-17)9-4-3-5-9/h6-9H,3-5H2,1-2H3,(H,19,20)(H2,18,21,22,23). The van der Waals surface area contributed by atoms with E-state index in [0.717, 1.165) is 0 Å². The number of carbonyl (C=O) groups excluding carboxylic acids is 1. The highest BCUT2D eigenvalue weighted by atomic mass is 32.1. The van der Waals surface area contributed by atoms with Crippen LogP contribution in [0.15, 0.2) is 18.6 Å². The lowest BCUT2D eigenvalue weighted by Gasteiger charge is -2.23. The molecule has 136 valence electrons. The number of carbonyl (C=O) groups is 1. The number of benzene rings is 1. The molecule has 0 unspecified atom stereocenters. The second-order valence-electron chi connectivity index (χ2n) is 6.06. The smallest absolute Gasteiger partial charge is 0.325 e. The number of hydrogen-bond donors (Lipinski definition) is 3. The number of urea groups is 1. The molecule has 0 radical (unpaired) electrons. The van der Waals surface area contributed by atoms with Gasteiger partial charge in [0.05, 0.1) is 26.2 Å². The normalized spacial score (nSPS) is 14.1. The summed E-state index contributed by atoms with van der Waals surface area (Å²) in [5, 5.41) is 6.16. The molecular formula is C17H19N5O3S. The van der Waals surface area contributed by atoms with Crippen molar-refractivity contribution in [2.75, 3.05) is 24.9 Å². The molecule has 0 aliphatic heterocycles. The van der Waals surface area contributed by atoms with E-state index < -0.39 is 6.03 Å². The summed E-state index contributed by atoms with van der Waals surface area (Å²) in [6.45, 7) is 0. The third-order valence-electron chi connectivity index (χ3n) is 4.54. The van der Waals surface area contributed by atoms with E-state index in [1.165, 1.54) is 42.6 Å². The predicted molar refractivity (Wildman–Crippen MR) is 101 cm³/mol. The van der Waals surface area contributed by atoms with Gasteiger partial charge in [0.15, 0.2) is 10.9 Å². The first-order chi connectivity index (χ1) is 12.7. The second-order valence-corrected chi connectivity index (χ2v) is 7.12. The first-order valence-electron chi connectivity index (χ1n) is 8.31. The van der Waals surface area contributed by atoms with Crippen molar-refractivity contribution in [3.05, 3.63) is 23.5 Å². The van der Waals surface area contributed by atoms with Crippen molar-refractivity contribution in [3.63, 3.8) is 0 Å². The van der Waals surface area contributed by atoms with Crippen molar-refractivity contribution in [1.29, 1.82) is 0 Å². The van der Waals surface area contributed by atoms with Gasteiger partial charge in [0.1, 0.15) is 16.8 Å². The number of H-pyrrole nitrogens is 1. The highest BCUT2D eigenvalue weighted by molar-refractivity contribution is 7.15. The maximum absolute atomic E-state index is 12.4. The van der Waals surface area contributed by atoms with Crippen molar-refractivity contribution in [1.82, 2.24) is 15.0 Å². The summed E-state index contributed by atoms with van der Waals surface area (Å²) >= 11 is 1.52. The molecule has 0 bridgehead atoms. The number of fused-ring (bicyclic) bond motifs is 1. The van der Waals surface area contributed by atoms with Crippen LogP contribution in [0.4, 0.5) is 15.6 Å². The van der Waals surface area contributed by atoms with Crippen LogP contribution in [0, 0.1) is 0 Å². The molecule has 2 aromatic heterocycles. The van der Waals surface area contributed by atoms with Crippen LogP contribution in [0.2, 0.25) is 0 Å². The van der Waals surface area contributed by atoms with Gasteiger partial charge in [-0.3, -0.25) is 5.32 Å². The summed E-state index contributed by atoms with van der Waals surface area (Å²) in [6.07, 6.45) is 7.08. The number of amides is 2. The minimum Gasteiger partial charge on any atom is -0.494 e. The fourth-order valence-corrected chi connectivity index (χ4v) is 3.97. The van der Waals surface area contributed by atoms with Crippen molar-refractivity contribution < 1.29 is 14.3 Å². The number of aromatic nitrogens is 3. The van der Waals surface area contributed by atoms with Crippen molar-refractivity contribution in [3.8, 4) is 11.5 Å². The number of imidazole rings is 1. The number of thiazole rings is 1. The molecule has 0 spiro atoms. The Morgan fingerprint density at radius 3 is 2.81 bits per heavy atom. The molecule has 8 nitrogen and oxygen atoms in total. The van der Waals surface area contributed by atoms with E-state index in [1.807, 2.05) is 6.20 Å². The van der Waals surface area contributed by atoms with Crippen LogP contribution >= 0.6 is 11.3 Å². The number of nitrogens with one attached hydrogen (secondary N) is 3. The Balaban J connectivity index is 1.54. The maximum Gasteiger partial charge on any atom is 0.325 e. The zero-order valence-electron chi connectivity index (χ0n) is 14.5. The quantitative estimate of drug-likeness (QED) is 0.629. The Kier molecular flexibility index (Phi) is 4.37. The Bertz CT molecular complexity index is 947. The molecule has 1 aliphatic rings. The molecule has 1 fully saturated rings. The van der Waals surface area contributed by atoms with E-state index in [1.54, 1.807) is 19.5 Å². The molecular weight excluding hydrogens is 354 g/mol. The molecule has 0 saturated heterocycles. The number of methoxy groups -OCH3 is 2. The van der Waals surface area contributed by atoms with Crippen LogP contribution in [0.5, 0.6) is 11.5 Å². The van der Waals surface area contributed by atoms with Gasteiger partial charge in [-0.2, -0.15) is 0 Å². The van der Waals surface area contributed by atoms with Gasteiger partial charge in [0.25, 0.3) is 0 Å². The van der Waals surface area contributed by atoms with Crippen LogP contribution in [0.1, 0.15) is 30.1 Å². The molecule has 2 heterocycles. The van der Waals surface area contributed by atoms with Gasteiger partial charge in [-0.25, -0.2) is 14.8 Å². The Hall–Kier alpha value is -2.81. The lowest BCUT2D eigenvalue weighted by Crippen LogP contribution is -2.19. The monoisotopic (exact) mass is 373 g/mol. The number of anilines is 2. The zero-order valence-corrected chi connectivity index (χ0v) is 15.3. The van der Waals surface area contributed by atoms with Crippen molar-refractivity contribution in [2.45, 2.75) is 25.2 Å². The predicted octanol–water partition coefficient (Wildman–Crippen LogP) is 3.95. The van der Waals surface area contributed by atoms with Gasteiger partial charge in [-0.1, -0.05) is 6.42 Å². The van der Waals surface area contributed by atoms with Gasteiger partial charge in [0.2, 0.25) is 0 Å². The van der Waals surface area contributed by atoms with E-state index in [-0.39, 0.29) is 0 Å². The van der Waals surface area contributed by atoms with Crippen molar-refractivity contribution in [2.24, 2.45) is 0 Å². The Morgan fingerprint density at radius 2 is 2.12 bits per heavy atom.